The summed E-state index contributed by atoms with van der Waals surface area (Å²) >= 11 is 3.39. The molecular formula is C26H33BrN4O3. The molecule has 7 nitrogen and oxygen atoms in total. The zero-order valence-corrected chi connectivity index (χ0v) is 21.3. The van der Waals surface area contributed by atoms with Gasteiger partial charge in [0.1, 0.15) is 0 Å². The van der Waals surface area contributed by atoms with E-state index in [2.05, 4.69) is 43.3 Å². The summed E-state index contributed by atoms with van der Waals surface area (Å²) in [6, 6.07) is 12.8. The van der Waals surface area contributed by atoms with Crippen molar-refractivity contribution in [1.29, 1.82) is 0 Å². The van der Waals surface area contributed by atoms with Gasteiger partial charge in [-0.05, 0) is 61.2 Å². The van der Waals surface area contributed by atoms with Crippen molar-refractivity contribution in [3.8, 4) is 0 Å². The van der Waals surface area contributed by atoms with E-state index < -0.39 is 0 Å². The molecule has 0 aliphatic carbocycles. The Morgan fingerprint density at radius 2 is 1.71 bits per heavy atom. The highest BCUT2D eigenvalue weighted by molar-refractivity contribution is 9.10. The molecule has 2 aromatic rings. The number of ether oxygens (including phenoxy) is 1. The van der Waals surface area contributed by atoms with Crippen molar-refractivity contribution in [2.24, 2.45) is 5.92 Å². The number of morpholine rings is 1. The fourth-order valence-electron chi connectivity index (χ4n) is 4.37. The van der Waals surface area contributed by atoms with E-state index in [-0.39, 0.29) is 11.8 Å². The van der Waals surface area contributed by atoms with Crippen molar-refractivity contribution in [3.63, 3.8) is 0 Å². The lowest BCUT2D eigenvalue weighted by molar-refractivity contribution is 0.0383. The summed E-state index contributed by atoms with van der Waals surface area (Å²) in [6.07, 6.45) is 2.22. The quantitative estimate of drug-likeness (QED) is 0.568. The summed E-state index contributed by atoms with van der Waals surface area (Å²) < 4.78 is 6.32. The van der Waals surface area contributed by atoms with Gasteiger partial charge in [-0.15, -0.1) is 0 Å². The third-order valence-electron chi connectivity index (χ3n) is 6.55. The maximum Gasteiger partial charge on any atom is 0.255 e. The molecule has 0 unspecified atom stereocenters. The summed E-state index contributed by atoms with van der Waals surface area (Å²) in [5.74, 6) is 0.388. The molecular weight excluding hydrogens is 496 g/mol. The molecule has 2 aromatic carbocycles. The lowest BCUT2D eigenvalue weighted by atomic mass is 9.97. The largest absolute Gasteiger partial charge is 0.379 e. The maximum atomic E-state index is 13.3. The summed E-state index contributed by atoms with van der Waals surface area (Å²) in [5, 5.41) is 6.03. The molecule has 182 valence electrons. The van der Waals surface area contributed by atoms with Crippen LogP contribution in [-0.4, -0.2) is 69.2 Å². The molecule has 0 radical (unpaired) electrons. The molecule has 2 saturated heterocycles. The normalized spacial score (nSPS) is 17.4. The Kier molecular flexibility index (Phi) is 8.59. The van der Waals surface area contributed by atoms with Crippen LogP contribution in [-0.2, 0) is 4.74 Å². The number of benzene rings is 2. The highest BCUT2D eigenvalue weighted by Gasteiger charge is 2.22. The minimum absolute atomic E-state index is 0.110. The first kappa shape index (κ1) is 24.7. The number of piperidine rings is 1. The molecule has 2 aliphatic rings. The molecule has 2 N–H and O–H groups in total. The molecule has 0 aromatic heterocycles. The third kappa shape index (κ3) is 6.58. The van der Waals surface area contributed by atoms with Crippen LogP contribution < -0.4 is 15.5 Å². The topological polar surface area (TPSA) is 73.9 Å². The predicted octanol–water partition coefficient (Wildman–Crippen LogP) is 4.00. The second-order valence-electron chi connectivity index (χ2n) is 9.07. The first-order valence-electron chi connectivity index (χ1n) is 12.0. The Morgan fingerprint density at radius 1 is 1.00 bits per heavy atom. The van der Waals surface area contributed by atoms with Crippen molar-refractivity contribution >= 4 is 39.1 Å². The van der Waals surface area contributed by atoms with Gasteiger partial charge in [-0.2, -0.15) is 0 Å². The fraction of sp³-hybridized carbons (Fsp3) is 0.462. The van der Waals surface area contributed by atoms with Gasteiger partial charge in [-0.25, -0.2) is 0 Å². The van der Waals surface area contributed by atoms with Crippen LogP contribution in [0.5, 0.6) is 0 Å². The third-order valence-corrected chi connectivity index (χ3v) is 7.08. The maximum absolute atomic E-state index is 13.3. The first-order valence-corrected chi connectivity index (χ1v) is 12.8. The fourth-order valence-corrected chi connectivity index (χ4v) is 4.64. The Hall–Kier alpha value is -2.42. The predicted molar refractivity (Wildman–Crippen MR) is 139 cm³/mol. The highest BCUT2D eigenvalue weighted by atomic mass is 79.9. The molecule has 2 fully saturated rings. The van der Waals surface area contributed by atoms with Crippen LogP contribution in [0.2, 0.25) is 0 Å². The van der Waals surface area contributed by atoms with Crippen molar-refractivity contribution in [2.75, 3.05) is 62.7 Å². The van der Waals surface area contributed by atoms with Gasteiger partial charge < -0.3 is 20.3 Å². The number of nitrogens with one attached hydrogen (secondary N) is 2. The molecule has 2 amide bonds. The molecule has 0 atom stereocenters. The number of anilines is 2. The van der Waals surface area contributed by atoms with E-state index in [1.54, 1.807) is 18.2 Å². The van der Waals surface area contributed by atoms with E-state index >= 15 is 0 Å². The smallest absolute Gasteiger partial charge is 0.255 e. The summed E-state index contributed by atoms with van der Waals surface area (Å²) in [7, 11) is 0. The summed E-state index contributed by atoms with van der Waals surface area (Å²) in [6.45, 7) is 8.78. The van der Waals surface area contributed by atoms with Gasteiger partial charge in [0.15, 0.2) is 0 Å². The molecule has 0 bridgehead atoms. The molecule has 2 heterocycles. The van der Waals surface area contributed by atoms with Crippen molar-refractivity contribution in [1.82, 2.24) is 10.2 Å². The second kappa shape index (κ2) is 11.8. The Labute approximate surface area is 210 Å². The number of nitrogens with zero attached hydrogens (tertiary/aromatic N) is 2. The van der Waals surface area contributed by atoms with Crippen LogP contribution >= 0.6 is 15.9 Å². The van der Waals surface area contributed by atoms with E-state index in [1.807, 2.05) is 24.3 Å². The standard InChI is InChI=1S/C26H33BrN4O3/c1-19-8-11-31(12-9-19)24-7-6-22(29-25(32)20-2-4-21(27)5-3-20)18-23(24)26(33)28-10-13-30-14-16-34-17-15-30/h2-7,18-19H,8-17H2,1H3,(H,28,33)(H,29,32). The van der Waals surface area contributed by atoms with Gasteiger partial charge in [0, 0.05) is 60.7 Å². The van der Waals surface area contributed by atoms with Gasteiger partial charge in [0.25, 0.3) is 11.8 Å². The molecule has 4 rings (SSSR count). The molecule has 8 heteroatoms. The average Bonchev–Trinajstić information content (AvgIpc) is 2.85. The Morgan fingerprint density at radius 3 is 2.41 bits per heavy atom. The number of hydrogen-bond donors (Lipinski definition) is 2. The van der Waals surface area contributed by atoms with E-state index in [0.29, 0.717) is 29.3 Å². The monoisotopic (exact) mass is 528 g/mol. The summed E-state index contributed by atoms with van der Waals surface area (Å²) in [4.78, 5) is 30.6. The number of hydrogen-bond acceptors (Lipinski definition) is 5. The van der Waals surface area contributed by atoms with Gasteiger partial charge in [0.2, 0.25) is 0 Å². The van der Waals surface area contributed by atoms with E-state index in [9.17, 15) is 9.59 Å². The molecule has 2 aliphatic heterocycles. The van der Waals surface area contributed by atoms with Gasteiger partial charge in [0.05, 0.1) is 18.8 Å². The van der Waals surface area contributed by atoms with Gasteiger partial charge >= 0.3 is 0 Å². The van der Waals surface area contributed by atoms with Gasteiger partial charge in [-0.3, -0.25) is 14.5 Å². The van der Waals surface area contributed by atoms with Crippen molar-refractivity contribution < 1.29 is 14.3 Å². The van der Waals surface area contributed by atoms with Crippen molar-refractivity contribution in [2.45, 2.75) is 19.8 Å². The van der Waals surface area contributed by atoms with Crippen LogP contribution in [0.15, 0.2) is 46.9 Å². The van der Waals surface area contributed by atoms with Gasteiger partial charge in [-0.1, -0.05) is 22.9 Å². The molecule has 0 saturated carbocycles. The lowest BCUT2D eigenvalue weighted by Crippen LogP contribution is -2.41. The minimum Gasteiger partial charge on any atom is -0.379 e. The van der Waals surface area contributed by atoms with Crippen LogP contribution in [0, 0.1) is 5.92 Å². The number of carbonyl (C=O) groups is 2. The van der Waals surface area contributed by atoms with E-state index in [1.165, 1.54) is 0 Å². The average molecular weight is 529 g/mol. The Balaban J connectivity index is 1.48. The van der Waals surface area contributed by atoms with Crippen molar-refractivity contribution in [3.05, 3.63) is 58.1 Å². The second-order valence-corrected chi connectivity index (χ2v) is 9.99. The van der Waals surface area contributed by atoms with E-state index in [4.69, 9.17) is 4.74 Å². The first-order chi connectivity index (χ1) is 16.5. The Bertz CT molecular complexity index is 984. The molecule has 34 heavy (non-hydrogen) atoms. The van der Waals surface area contributed by atoms with Crippen LogP contribution in [0.1, 0.15) is 40.5 Å². The zero-order valence-electron chi connectivity index (χ0n) is 19.7. The zero-order chi connectivity index (χ0) is 23.9. The number of rotatable bonds is 7. The highest BCUT2D eigenvalue weighted by Crippen LogP contribution is 2.29. The van der Waals surface area contributed by atoms with Crippen LogP contribution in [0.3, 0.4) is 0 Å². The van der Waals surface area contributed by atoms with Crippen LogP contribution in [0.25, 0.3) is 0 Å². The SMILES string of the molecule is CC1CCN(c2ccc(NC(=O)c3ccc(Br)cc3)cc2C(=O)NCCN2CCOCC2)CC1. The number of carbonyl (C=O) groups excluding carboxylic acids is 2. The lowest BCUT2D eigenvalue weighted by Gasteiger charge is -2.33. The summed E-state index contributed by atoms with van der Waals surface area (Å²) in [5.41, 5.74) is 2.71. The minimum atomic E-state index is -0.203. The number of halogens is 1. The van der Waals surface area contributed by atoms with Crippen LogP contribution in [0.4, 0.5) is 11.4 Å². The molecule has 0 spiro atoms. The van der Waals surface area contributed by atoms with E-state index in [0.717, 1.165) is 68.9 Å². The number of amides is 2.